The van der Waals surface area contributed by atoms with Crippen LogP contribution >= 0.6 is 0 Å². The van der Waals surface area contributed by atoms with Crippen molar-refractivity contribution < 1.29 is 29.6 Å². The second-order valence-electron chi connectivity index (χ2n) is 5.25. The van der Waals surface area contributed by atoms with Gasteiger partial charge in [-0.3, -0.25) is 19.1 Å². The number of methoxy groups -OCH3 is 1. The number of hydrogen-bond acceptors (Lipinski definition) is 8. The standard InChI is InChI=1S/C13H19N3O8/c1-14-7(12(20)21)5-3-16(13(22)15-10(5)19)11-9(23-2)8(18)6(4-17)24-11/h3,6-9,11,14,17-18H,4H2,1-2H3,(H,20,21)(H,15,19,22)/t6-,7?,8+,9-,11-/m1/s1. The van der Waals surface area contributed by atoms with Crippen LogP contribution in [0.5, 0.6) is 0 Å². The Kier molecular flexibility index (Phi) is 5.51. The summed E-state index contributed by atoms with van der Waals surface area (Å²) >= 11 is 0. The zero-order chi connectivity index (χ0) is 18.0. The Hall–Kier alpha value is -2.05. The first kappa shape index (κ1) is 18.3. The van der Waals surface area contributed by atoms with Crippen LogP contribution in [-0.4, -0.2) is 69.9 Å². The van der Waals surface area contributed by atoms with Gasteiger partial charge in [-0.25, -0.2) is 4.79 Å². The lowest BCUT2D eigenvalue weighted by Gasteiger charge is -2.21. The lowest BCUT2D eigenvalue weighted by Crippen LogP contribution is -2.41. The number of aliphatic hydroxyl groups is 2. The zero-order valence-electron chi connectivity index (χ0n) is 13.0. The summed E-state index contributed by atoms with van der Waals surface area (Å²) in [7, 11) is 2.64. The van der Waals surface area contributed by atoms with Gasteiger partial charge in [0.25, 0.3) is 5.56 Å². The summed E-state index contributed by atoms with van der Waals surface area (Å²) in [4.78, 5) is 37.3. The third-order valence-corrected chi connectivity index (χ3v) is 3.88. The highest BCUT2D eigenvalue weighted by molar-refractivity contribution is 5.75. The van der Waals surface area contributed by atoms with Crippen LogP contribution in [0.1, 0.15) is 17.8 Å². The molecule has 1 aliphatic heterocycles. The van der Waals surface area contributed by atoms with E-state index in [0.29, 0.717) is 0 Å². The minimum Gasteiger partial charge on any atom is -0.480 e. The number of rotatable bonds is 6. The van der Waals surface area contributed by atoms with Crippen LogP contribution in [0.25, 0.3) is 0 Å². The molecule has 0 saturated carbocycles. The fourth-order valence-electron chi connectivity index (χ4n) is 2.66. The van der Waals surface area contributed by atoms with E-state index in [0.717, 1.165) is 10.8 Å². The molecule has 1 aromatic rings. The van der Waals surface area contributed by atoms with Gasteiger partial charge in [0.1, 0.15) is 24.4 Å². The molecule has 1 fully saturated rings. The molecule has 1 aliphatic rings. The average molecular weight is 345 g/mol. The van der Waals surface area contributed by atoms with E-state index in [9.17, 15) is 24.6 Å². The Morgan fingerprint density at radius 3 is 2.71 bits per heavy atom. The van der Waals surface area contributed by atoms with E-state index in [-0.39, 0.29) is 5.56 Å². The number of nitrogens with one attached hydrogen (secondary N) is 2. The van der Waals surface area contributed by atoms with Gasteiger partial charge in [-0.2, -0.15) is 0 Å². The number of aromatic amines is 1. The number of aromatic nitrogens is 2. The van der Waals surface area contributed by atoms with E-state index >= 15 is 0 Å². The highest BCUT2D eigenvalue weighted by Crippen LogP contribution is 2.30. The Morgan fingerprint density at radius 1 is 1.54 bits per heavy atom. The van der Waals surface area contributed by atoms with Crippen LogP contribution in [0, 0.1) is 0 Å². The molecule has 134 valence electrons. The molecule has 1 saturated heterocycles. The van der Waals surface area contributed by atoms with Crippen LogP contribution < -0.4 is 16.6 Å². The topological polar surface area (TPSA) is 163 Å². The van der Waals surface area contributed by atoms with Crippen molar-refractivity contribution in [1.82, 2.24) is 14.9 Å². The van der Waals surface area contributed by atoms with Crippen LogP contribution in [0.4, 0.5) is 0 Å². The number of hydrogen-bond donors (Lipinski definition) is 5. The fourth-order valence-corrected chi connectivity index (χ4v) is 2.66. The molecule has 0 amide bonds. The summed E-state index contributed by atoms with van der Waals surface area (Å²) < 4.78 is 11.4. The summed E-state index contributed by atoms with van der Waals surface area (Å²) in [5, 5.41) is 30.9. The van der Waals surface area contributed by atoms with Gasteiger partial charge in [0.05, 0.1) is 12.2 Å². The number of aliphatic carboxylic acids is 1. The first-order valence-electron chi connectivity index (χ1n) is 7.08. The highest BCUT2D eigenvalue weighted by atomic mass is 16.6. The monoisotopic (exact) mass is 345 g/mol. The molecule has 0 spiro atoms. The Morgan fingerprint density at radius 2 is 2.21 bits per heavy atom. The predicted molar refractivity (Wildman–Crippen MR) is 78.6 cm³/mol. The number of carbonyl (C=O) groups is 1. The van der Waals surface area contributed by atoms with Crippen molar-refractivity contribution in [1.29, 1.82) is 0 Å². The zero-order valence-corrected chi connectivity index (χ0v) is 13.0. The fraction of sp³-hybridized carbons (Fsp3) is 0.615. The normalized spacial score (nSPS) is 28.0. The van der Waals surface area contributed by atoms with Crippen molar-refractivity contribution >= 4 is 5.97 Å². The summed E-state index contributed by atoms with van der Waals surface area (Å²) in [6, 6.07) is -1.35. The molecular weight excluding hydrogens is 326 g/mol. The Bertz CT molecular complexity index is 714. The number of carboxylic acid groups (broad SMARTS) is 1. The number of carboxylic acids is 1. The average Bonchev–Trinajstić information content (AvgIpc) is 2.85. The lowest BCUT2D eigenvalue weighted by atomic mass is 10.1. The smallest absolute Gasteiger partial charge is 0.330 e. The third-order valence-electron chi connectivity index (χ3n) is 3.88. The van der Waals surface area contributed by atoms with Crippen molar-refractivity contribution in [2.45, 2.75) is 30.6 Å². The summed E-state index contributed by atoms with van der Waals surface area (Å²) in [5.74, 6) is -1.31. The van der Waals surface area contributed by atoms with E-state index < -0.39 is 54.4 Å². The van der Waals surface area contributed by atoms with E-state index in [1.165, 1.54) is 14.2 Å². The second-order valence-corrected chi connectivity index (χ2v) is 5.25. The number of aliphatic hydroxyl groups excluding tert-OH is 2. The van der Waals surface area contributed by atoms with Crippen LogP contribution in [0.3, 0.4) is 0 Å². The van der Waals surface area contributed by atoms with Crippen molar-refractivity contribution in [2.75, 3.05) is 20.8 Å². The van der Waals surface area contributed by atoms with E-state index in [4.69, 9.17) is 14.6 Å². The van der Waals surface area contributed by atoms with Crippen LogP contribution in [-0.2, 0) is 14.3 Å². The quantitative estimate of drug-likeness (QED) is 0.365. The summed E-state index contributed by atoms with van der Waals surface area (Å²) in [6.07, 6.45) is -3.28. The molecular formula is C13H19N3O8. The maximum absolute atomic E-state index is 12.1. The molecule has 1 unspecified atom stereocenters. The molecule has 11 nitrogen and oxygen atoms in total. The molecule has 0 bridgehead atoms. The molecule has 0 aromatic carbocycles. The van der Waals surface area contributed by atoms with Crippen molar-refractivity contribution in [3.8, 4) is 0 Å². The molecule has 0 aliphatic carbocycles. The van der Waals surface area contributed by atoms with Gasteiger partial charge in [0.15, 0.2) is 6.23 Å². The molecule has 1 aromatic heterocycles. The second kappa shape index (κ2) is 7.23. The predicted octanol–water partition coefficient (Wildman–Crippen LogP) is -2.85. The molecule has 24 heavy (non-hydrogen) atoms. The number of likely N-dealkylation sites (N-methyl/N-ethyl adjacent to an activating group) is 1. The maximum atomic E-state index is 12.1. The summed E-state index contributed by atoms with van der Waals surface area (Å²) in [6.45, 7) is -0.503. The minimum atomic E-state index is -1.35. The van der Waals surface area contributed by atoms with Gasteiger partial charge in [-0.15, -0.1) is 0 Å². The maximum Gasteiger partial charge on any atom is 0.330 e. The van der Waals surface area contributed by atoms with Crippen molar-refractivity contribution in [3.05, 3.63) is 32.6 Å². The van der Waals surface area contributed by atoms with E-state index in [1.54, 1.807) is 0 Å². The largest absolute Gasteiger partial charge is 0.480 e. The van der Waals surface area contributed by atoms with Crippen LogP contribution in [0.2, 0.25) is 0 Å². The van der Waals surface area contributed by atoms with Gasteiger partial charge in [-0.1, -0.05) is 0 Å². The van der Waals surface area contributed by atoms with Gasteiger partial charge < -0.3 is 30.1 Å². The number of H-pyrrole nitrogens is 1. The molecule has 5 N–H and O–H groups in total. The minimum absolute atomic E-state index is 0.218. The molecule has 2 heterocycles. The van der Waals surface area contributed by atoms with Crippen molar-refractivity contribution in [3.63, 3.8) is 0 Å². The highest BCUT2D eigenvalue weighted by Gasteiger charge is 2.45. The van der Waals surface area contributed by atoms with Gasteiger partial charge >= 0.3 is 11.7 Å². The van der Waals surface area contributed by atoms with Gasteiger partial charge in [0.2, 0.25) is 0 Å². The lowest BCUT2D eigenvalue weighted by molar-refractivity contribution is -0.139. The first-order valence-corrected chi connectivity index (χ1v) is 7.08. The third kappa shape index (κ3) is 3.12. The van der Waals surface area contributed by atoms with Gasteiger partial charge in [-0.05, 0) is 7.05 Å². The van der Waals surface area contributed by atoms with Crippen LogP contribution in [0.15, 0.2) is 15.8 Å². The van der Waals surface area contributed by atoms with Gasteiger partial charge in [0, 0.05) is 13.3 Å². The first-order chi connectivity index (χ1) is 11.3. The van der Waals surface area contributed by atoms with Crippen molar-refractivity contribution in [2.24, 2.45) is 0 Å². The molecule has 5 atom stereocenters. The molecule has 0 radical (unpaired) electrons. The number of ether oxygens (including phenoxy) is 2. The Balaban J connectivity index is 2.53. The Labute approximate surface area is 135 Å². The SMILES string of the molecule is CNC(C(=O)O)c1cn([C@@H]2O[C@H](CO)[C@H](O)[C@H]2OC)c(=O)[nH]c1=O. The molecule has 2 rings (SSSR count). The number of nitrogens with zero attached hydrogens (tertiary/aromatic N) is 1. The molecule has 11 heteroatoms. The van der Waals surface area contributed by atoms with E-state index in [1.807, 2.05) is 4.98 Å². The van der Waals surface area contributed by atoms with E-state index in [2.05, 4.69) is 5.32 Å². The summed E-state index contributed by atoms with van der Waals surface area (Å²) in [5.41, 5.74) is -1.93.